The summed E-state index contributed by atoms with van der Waals surface area (Å²) in [5.41, 5.74) is 0.221. The molecule has 2 saturated heterocycles. The molecule has 31 heavy (non-hydrogen) atoms. The predicted octanol–water partition coefficient (Wildman–Crippen LogP) is 1.19. The molecule has 11 heteroatoms. The van der Waals surface area contributed by atoms with Gasteiger partial charge in [0.2, 0.25) is 11.9 Å². The fourth-order valence-electron chi connectivity index (χ4n) is 3.77. The van der Waals surface area contributed by atoms with Crippen LogP contribution in [0.1, 0.15) is 24.8 Å². The largest absolute Gasteiger partial charge is 0.489 e. The zero-order valence-electron chi connectivity index (χ0n) is 17.3. The lowest BCUT2D eigenvalue weighted by atomic mass is 10.1. The molecule has 1 amide bonds. The minimum Gasteiger partial charge on any atom is -0.489 e. The van der Waals surface area contributed by atoms with Crippen LogP contribution in [0.2, 0.25) is 5.02 Å². The van der Waals surface area contributed by atoms with E-state index in [1.165, 1.54) is 6.20 Å². The Morgan fingerprint density at radius 2 is 1.90 bits per heavy atom. The molecule has 2 aliphatic rings. The van der Waals surface area contributed by atoms with Crippen molar-refractivity contribution in [2.24, 2.45) is 0 Å². The molecule has 0 bridgehead atoms. The first kappa shape index (κ1) is 21.5. The van der Waals surface area contributed by atoms with Crippen molar-refractivity contribution in [3.05, 3.63) is 39.5 Å². The number of H-pyrrole nitrogens is 1. The molecule has 166 valence electrons. The zero-order valence-corrected chi connectivity index (χ0v) is 18.0. The number of aromatic nitrogens is 4. The smallest absolute Gasteiger partial charge is 0.270 e. The maximum atomic E-state index is 12.7. The third kappa shape index (κ3) is 5.31. The van der Waals surface area contributed by atoms with E-state index in [0.717, 1.165) is 12.8 Å². The number of rotatable bonds is 6. The van der Waals surface area contributed by atoms with Crippen LogP contribution in [-0.2, 0) is 9.53 Å². The van der Waals surface area contributed by atoms with E-state index in [-0.39, 0.29) is 23.7 Å². The lowest BCUT2D eigenvalue weighted by molar-refractivity contribution is -0.134. The number of nitrogens with zero attached hydrogens (tertiary/aromatic N) is 5. The van der Waals surface area contributed by atoms with Crippen LogP contribution in [0.5, 0.6) is 5.75 Å². The SMILES string of the molecule is Cc1c(OC[C@@H]2CC[C@@H](CC(=O)N3CCN(c4ncc(Cl)cn4)CC3)O2)cn[nH]c1=O. The van der Waals surface area contributed by atoms with Crippen molar-refractivity contribution < 1.29 is 14.3 Å². The molecule has 0 unspecified atom stereocenters. The molecule has 2 aliphatic heterocycles. The van der Waals surface area contributed by atoms with Gasteiger partial charge in [0.15, 0.2) is 0 Å². The van der Waals surface area contributed by atoms with E-state index in [9.17, 15) is 9.59 Å². The summed E-state index contributed by atoms with van der Waals surface area (Å²) < 4.78 is 11.7. The summed E-state index contributed by atoms with van der Waals surface area (Å²) in [7, 11) is 0. The van der Waals surface area contributed by atoms with E-state index in [1.807, 2.05) is 9.80 Å². The van der Waals surface area contributed by atoms with Crippen LogP contribution in [0.15, 0.2) is 23.4 Å². The number of anilines is 1. The minimum atomic E-state index is -0.268. The quantitative estimate of drug-likeness (QED) is 0.701. The topological polar surface area (TPSA) is 114 Å². The molecule has 0 spiro atoms. The van der Waals surface area contributed by atoms with Crippen LogP contribution >= 0.6 is 11.6 Å². The Balaban J connectivity index is 1.20. The lowest BCUT2D eigenvalue weighted by Crippen LogP contribution is -2.49. The number of ether oxygens (including phenoxy) is 2. The third-order valence-electron chi connectivity index (χ3n) is 5.60. The molecule has 0 radical (unpaired) electrons. The van der Waals surface area contributed by atoms with Crippen LogP contribution in [0.25, 0.3) is 0 Å². The van der Waals surface area contributed by atoms with Crippen molar-refractivity contribution in [1.29, 1.82) is 0 Å². The Morgan fingerprint density at radius 1 is 1.19 bits per heavy atom. The van der Waals surface area contributed by atoms with Crippen molar-refractivity contribution in [3.63, 3.8) is 0 Å². The third-order valence-corrected chi connectivity index (χ3v) is 5.80. The van der Waals surface area contributed by atoms with E-state index in [4.69, 9.17) is 21.1 Å². The molecule has 2 aromatic rings. The highest BCUT2D eigenvalue weighted by atomic mass is 35.5. The van der Waals surface area contributed by atoms with Crippen LogP contribution in [0.4, 0.5) is 5.95 Å². The summed E-state index contributed by atoms with van der Waals surface area (Å²) in [6.45, 7) is 4.62. The maximum absolute atomic E-state index is 12.7. The molecular formula is C20H25ClN6O4. The number of nitrogens with one attached hydrogen (secondary N) is 1. The molecule has 2 fully saturated rings. The van der Waals surface area contributed by atoms with Crippen molar-refractivity contribution >= 4 is 23.5 Å². The van der Waals surface area contributed by atoms with E-state index in [0.29, 0.717) is 61.5 Å². The standard InChI is InChI=1S/C20H25ClN6O4/c1-13-17(11-24-25-19(13)29)30-12-16-3-2-15(31-16)8-18(28)26-4-6-27(7-5-26)20-22-9-14(21)10-23-20/h9-11,15-16H,2-8,12H2,1H3,(H,25,29)/t15-,16-/m0/s1. The number of piperazine rings is 1. The zero-order chi connectivity index (χ0) is 21.8. The summed E-state index contributed by atoms with van der Waals surface area (Å²) in [5.74, 6) is 1.18. The summed E-state index contributed by atoms with van der Waals surface area (Å²) in [6.07, 6.45) is 6.41. The molecule has 2 aromatic heterocycles. The lowest BCUT2D eigenvalue weighted by Gasteiger charge is -2.35. The Labute approximate surface area is 184 Å². The molecule has 0 aliphatic carbocycles. The average Bonchev–Trinajstić information content (AvgIpc) is 3.22. The van der Waals surface area contributed by atoms with Crippen molar-refractivity contribution in [2.75, 3.05) is 37.7 Å². The van der Waals surface area contributed by atoms with Gasteiger partial charge < -0.3 is 19.3 Å². The van der Waals surface area contributed by atoms with Crippen LogP contribution < -0.4 is 15.2 Å². The van der Waals surface area contributed by atoms with Gasteiger partial charge in [0.05, 0.1) is 47.8 Å². The maximum Gasteiger partial charge on any atom is 0.270 e. The first-order chi connectivity index (χ1) is 15.0. The van der Waals surface area contributed by atoms with Gasteiger partial charge in [-0.1, -0.05) is 11.6 Å². The van der Waals surface area contributed by atoms with Gasteiger partial charge in [-0.25, -0.2) is 15.1 Å². The Bertz CT molecular complexity index is 961. The van der Waals surface area contributed by atoms with Gasteiger partial charge in [-0.2, -0.15) is 5.10 Å². The summed E-state index contributed by atoms with van der Waals surface area (Å²) in [4.78, 5) is 36.7. The van der Waals surface area contributed by atoms with Crippen molar-refractivity contribution in [2.45, 2.75) is 38.4 Å². The summed E-state index contributed by atoms with van der Waals surface area (Å²) in [6, 6.07) is 0. The molecule has 10 nitrogen and oxygen atoms in total. The van der Waals surface area contributed by atoms with Gasteiger partial charge in [-0.05, 0) is 19.8 Å². The van der Waals surface area contributed by atoms with Gasteiger partial charge in [0.25, 0.3) is 5.56 Å². The molecule has 0 saturated carbocycles. The number of carbonyl (C=O) groups excluding carboxylic acids is 1. The van der Waals surface area contributed by atoms with Gasteiger partial charge in [-0.15, -0.1) is 0 Å². The van der Waals surface area contributed by atoms with E-state index < -0.39 is 0 Å². The van der Waals surface area contributed by atoms with Crippen LogP contribution in [0.3, 0.4) is 0 Å². The Kier molecular flexibility index (Phi) is 6.67. The number of carbonyl (C=O) groups is 1. The molecule has 2 atom stereocenters. The van der Waals surface area contributed by atoms with Gasteiger partial charge >= 0.3 is 0 Å². The fourth-order valence-corrected chi connectivity index (χ4v) is 3.87. The number of amides is 1. The van der Waals surface area contributed by atoms with Gasteiger partial charge in [0.1, 0.15) is 12.4 Å². The molecule has 4 heterocycles. The second-order valence-electron chi connectivity index (χ2n) is 7.73. The first-order valence-electron chi connectivity index (χ1n) is 10.3. The predicted molar refractivity (Wildman–Crippen MR) is 113 cm³/mol. The number of hydrogen-bond acceptors (Lipinski definition) is 8. The number of aromatic amines is 1. The van der Waals surface area contributed by atoms with Crippen LogP contribution in [0, 0.1) is 6.92 Å². The Morgan fingerprint density at radius 3 is 2.65 bits per heavy atom. The highest BCUT2D eigenvalue weighted by Gasteiger charge is 2.30. The normalized spacial score (nSPS) is 21.4. The molecule has 0 aromatic carbocycles. The van der Waals surface area contributed by atoms with Crippen molar-refractivity contribution in [1.82, 2.24) is 25.1 Å². The van der Waals surface area contributed by atoms with E-state index >= 15 is 0 Å². The average molecular weight is 449 g/mol. The fraction of sp³-hybridized carbons (Fsp3) is 0.550. The van der Waals surface area contributed by atoms with Gasteiger partial charge in [0, 0.05) is 26.2 Å². The monoisotopic (exact) mass is 448 g/mol. The van der Waals surface area contributed by atoms with E-state index in [2.05, 4.69) is 20.2 Å². The highest BCUT2D eigenvalue weighted by molar-refractivity contribution is 6.30. The summed E-state index contributed by atoms with van der Waals surface area (Å²) >= 11 is 5.84. The Hall–Kier alpha value is -2.72. The minimum absolute atomic E-state index is 0.0953. The molecular weight excluding hydrogens is 424 g/mol. The molecule has 1 N–H and O–H groups in total. The number of halogens is 1. The second-order valence-corrected chi connectivity index (χ2v) is 8.17. The molecule has 4 rings (SSSR count). The van der Waals surface area contributed by atoms with Crippen molar-refractivity contribution in [3.8, 4) is 5.75 Å². The second kappa shape index (κ2) is 9.61. The van der Waals surface area contributed by atoms with Gasteiger partial charge in [-0.3, -0.25) is 9.59 Å². The number of hydrogen-bond donors (Lipinski definition) is 1. The summed E-state index contributed by atoms with van der Waals surface area (Å²) in [5, 5.41) is 6.62. The first-order valence-corrected chi connectivity index (χ1v) is 10.7. The highest BCUT2D eigenvalue weighted by Crippen LogP contribution is 2.24. The van der Waals surface area contributed by atoms with Crippen LogP contribution in [-0.4, -0.2) is 76.0 Å². The van der Waals surface area contributed by atoms with E-state index in [1.54, 1.807) is 19.3 Å².